The van der Waals surface area contributed by atoms with Gasteiger partial charge in [0.05, 0.1) is 0 Å². The van der Waals surface area contributed by atoms with Crippen LogP contribution in [-0.4, -0.2) is 13.0 Å². The summed E-state index contributed by atoms with van der Waals surface area (Å²) in [4.78, 5) is 0.239. The highest BCUT2D eigenvalue weighted by molar-refractivity contribution is 7.92. The molecule has 0 aliphatic heterocycles. The molecule has 5 nitrogen and oxygen atoms in total. The Kier molecular flexibility index (Phi) is 4.39. The molecule has 0 amide bonds. The highest BCUT2D eigenvalue weighted by Crippen LogP contribution is 2.20. The summed E-state index contributed by atoms with van der Waals surface area (Å²) in [5.74, 6) is 0. The Hall–Kier alpha value is -1.79. The molecule has 1 aromatic heterocycles. The molecule has 1 aromatic carbocycles. The van der Waals surface area contributed by atoms with Crippen molar-refractivity contribution < 1.29 is 8.42 Å². The third kappa shape index (κ3) is 3.28. The lowest BCUT2D eigenvalue weighted by Gasteiger charge is -2.08. The number of aromatic nitrogens is 1. The molecular formula is C15H21N3O2S. The number of aryl methyl sites for hydroxylation is 3. The molecule has 21 heavy (non-hydrogen) atoms. The second-order valence-electron chi connectivity index (χ2n) is 5.06. The molecule has 0 fully saturated rings. The van der Waals surface area contributed by atoms with Crippen molar-refractivity contribution in [1.29, 1.82) is 0 Å². The van der Waals surface area contributed by atoms with Gasteiger partial charge in [0.25, 0.3) is 10.0 Å². The van der Waals surface area contributed by atoms with E-state index in [1.807, 2.05) is 37.5 Å². The molecule has 2 rings (SSSR count). The standard InChI is InChI=1S/C15H21N3O2S/c1-4-18-10-15(8-14(18)9-16)21(19,20)17-13-6-5-11(2)12(3)7-13/h5-8,10,17H,4,9,16H2,1-3H3. The number of benzene rings is 1. The van der Waals surface area contributed by atoms with Gasteiger partial charge in [-0.25, -0.2) is 8.42 Å². The Balaban J connectivity index is 2.33. The molecule has 1 heterocycles. The van der Waals surface area contributed by atoms with Crippen LogP contribution in [-0.2, 0) is 23.1 Å². The number of nitrogens with one attached hydrogen (secondary N) is 1. The van der Waals surface area contributed by atoms with Crippen molar-refractivity contribution >= 4 is 15.7 Å². The lowest BCUT2D eigenvalue weighted by Crippen LogP contribution is -2.12. The Morgan fingerprint density at radius 2 is 1.90 bits per heavy atom. The molecule has 0 spiro atoms. The van der Waals surface area contributed by atoms with E-state index in [1.54, 1.807) is 18.3 Å². The Labute approximate surface area is 125 Å². The van der Waals surface area contributed by atoms with Crippen LogP contribution < -0.4 is 10.5 Å². The zero-order valence-electron chi connectivity index (χ0n) is 12.6. The summed E-state index contributed by atoms with van der Waals surface area (Å²) in [7, 11) is -3.59. The largest absolute Gasteiger partial charge is 0.349 e. The van der Waals surface area contributed by atoms with Crippen molar-refractivity contribution in [2.75, 3.05) is 4.72 Å². The fourth-order valence-electron chi connectivity index (χ4n) is 2.16. The maximum Gasteiger partial charge on any atom is 0.263 e. The molecule has 3 N–H and O–H groups in total. The van der Waals surface area contributed by atoms with Crippen LogP contribution in [0.5, 0.6) is 0 Å². The molecule has 0 bridgehead atoms. The minimum Gasteiger partial charge on any atom is -0.349 e. The van der Waals surface area contributed by atoms with Crippen molar-refractivity contribution in [3.8, 4) is 0 Å². The van der Waals surface area contributed by atoms with Crippen LogP contribution in [0.15, 0.2) is 35.4 Å². The minimum atomic E-state index is -3.59. The summed E-state index contributed by atoms with van der Waals surface area (Å²) in [5.41, 5.74) is 9.18. The van der Waals surface area contributed by atoms with E-state index in [2.05, 4.69) is 4.72 Å². The van der Waals surface area contributed by atoms with Gasteiger partial charge in [-0.3, -0.25) is 4.72 Å². The first kappa shape index (κ1) is 15.6. The van der Waals surface area contributed by atoms with E-state index in [9.17, 15) is 8.42 Å². The van der Waals surface area contributed by atoms with Crippen LogP contribution in [0.1, 0.15) is 23.7 Å². The fourth-order valence-corrected chi connectivity index (χ4v) is 3.27. The molecule has 0 atom stereocenters. The quantitative estimate of drug-likeness (QED) is 0.890. The van der Waals surface area contributed by atoms with Gasteiger partial charge in [0, 0.05) is 30.7 Å². The SMILES string of the molecule is CCn1cc(S(=O)(=O)Nc2ccc(C)c(C)c2)cc1CN. The predicted octanol–water partition coefficient (Wildman–Crippen LogP) is 2.38. The summed E-state index contributed by atoms with van der Waals surface area (Å²) in [6, 6.07) is 7.11. The van der Waals surface area contributed by atoms with Crippen LogP contribution in [0.4, 0.5) is 5.69 Å². The summed E-state index contributed by atoms with van der Waals surface area (Å²) in [6.07, 6.45) is 1.62. The lowest BCUT2D eigenvalue weighted by atomic mass is 10.1. The Bertz CT molecular complexity index is 727. The average molecular weight is 307 g/mol. The van der Waals surface area contributed by atoms with Crippen LogP contribution in [0, 0.1) is 13.8 Å². The van der Waals surface area contributed by atoms with Gasteiger partial charge in [0.1, 0.15) is 4.90 Å². The second kappa shape index (κ2) is 5.91. The number of rotatable bonds is 5. The molecular weight excluding hydrogens is 286 g/mol. The predicted molar refractivity (Wildman–Crippen MR) is 84.7 cm³/mol. The summed E-state index contributed by atoms with van der Waals surface area (Å²) in [6.45, 7) is 6.89. The number of nitrogens with two attached hydrogens (primary N) is 1. The molecule has 114 valence electrons. The first-order valence-electron chi connectivity index (χ1n) is 6.86. The monoisotopic (exact) mass is 307 g/mol. The number of hydrogen-bond acceptors (Lipinski definition) is 3. The van der Waals surface area contributed by atoms with E-state index in [4.69, 9.17) is 5.73 Å². The highest BCUT2D eigenvalue weighted by atomic mass is 32.2. The zero-order valence-corrected chi connectivity index (χ0v) is 13.4. The normalized spacial score (nSPS) is 11.6. The number of anilines is 1. The summed E-state index contributed by atoms with van der Waals surface area (Å²) in [5, 5.41) is 0. The van der Waals surface area contributed by atoms with Gasteiger partial charge < -0.3 is 10.3 Å². The van der Waals surface area contributed by atoms with Gasteiger partial charge in [0.15, 0.2) is 0 Å². The molecule has 0 saturated heterocycles. The third-order valence-electron chi connectivity index (χ3n) is 3.58. The topological polar surface area (TPSA) is 77.1 Å². The molecule has 0 radical (unpaired) electrons. The van der Waals surface area contributed by atoms with Crippen LogP contribution in [0.25, 0.3) is 0 Å². The van der Waals surface area contributed by atoms with Crippen molar-refractivity contribution in [3.05, 3.63) is 47.3 Å². The maximum absolute atomic E-state index is 12.4. The van der Waals surface area contributed by atoms with E-state index in [0.717, 1.165) is 16.8 Å². The van der Waals surface area contributed by atoms with Gasteiger partial charge in [-0.05, 0) is 50.1 Å². The summed E-state index contributed by atoms with van der Waals surface area (Å²) < 4.78 is 29.3. The van der Waals surface area contributed by atoms with Gasteiger partial charge in [-0.15, -0.1) is 0 Å². The molecule has 6 heteroatoms. The van der Waals surface area contributed by atoms with Crippen molar-refractivity contribution in [2.24, 2.45) is 5.73 Å². The van der Waals surface area contributed by atoms with E-state index in [1.165, 1.54) is 0 Å². The van der Waals surface area contributed by atoms with Crippen molar-refractivity contribution in [1.82, 2.24) is 4.57 Å². The van der Waals surface area contributed by atoms with Gasteiger partial charge in [0.2, 0.25) is 0 Å². The first-order valence-corrected chi connectivity index (χ1v) is 8.35. The highest BCUT2D eigenvalue weighted by Gasteiger charge is 2.18. The number of sulfonamides is 1. The molecule has 0 aliphatic carbocycles. The molecule has 2 aromatic rings. The number of hydrogen-bond donors (Lipinski definition) is 2. The van der Waals surface area contributed by atoms with E-state index >= 15 is 0 Å². The first-order chi connectivity index (χ1) is 9.87. The van der Waals surface area contributed by atoms with E-state index < -0.39 is 10.0 Å². The van der Waals surface area contributed by atoms with E-state index in [-0.39, 0.29) is 4.90 Å². The van der Waals surface area contributed by atoms with Crippen LogP contribution >= 0.6 is 0 Å². The van der Waals surface area contributed by atoms with Crippen LogP contribution in [0.2, 0.25) is 0 Å². The van der Waals surface area contributed by atoms with Gasteiger partial charge in [-0.1, -0.05) is 6.07 Å². The Morgan fingerprint density at radius 3 is 2.43 bits per heavy atom. The molecule has 0 saturated carbocycles. The van der Waals surface area contributed by atoms with Crippen molar-refractivity contribution in [3.63, 3.8) is 0 Å². The smallest absolute Gasteiger partial charge is 0.263 e. The maximum atomic E-state index is 12.4. The Morgan fingerprint density at radius 1 is 1.19 bits per heavy atom. The van der Waals surface area contributed by atoms with Crippen molar-refractivity contribution in [2.45, 2.75) is 38.8 Å². The van der Waals surface area contributed by atoms with E-state index in [0.29, 0.717) is 18.8 Å². The number of nitrogens with zero attached hydrogens (tertiary/aromatic N) is 1. The lowest BCUT2D eigenvalue weighted by molar-refractivity contribution is 0.600. The summed E-state index contributed by atoms with van der Waals surface area (Å²) >= 11 is 0. The average Bonchev–Trinajstić information content (AvgIpc) is 2.86. The fraction of sp³-hybridized carbons (Fsp3) is 0.333. The third-order valence-corrected chi connectivity index (χ3v) is 4.93. The zero-order chi connectivity index (χ0) is 15.6. The second-order valence-corrected chi connectivity index (χ2v) is 6.74. The minimum absolute atomic E-state index is 0.239. The molecule has 0 unspecified atom stereocenters. The van der Waals surface area contributed by atoms with Gasteiger partial charge in [-0.2, -0.15) is 0 Å². The van der Waals surface area contributed by atoms with Crippen LogP contribution in [0.3, 0.4) is 0 Å². The van der Waals surface area contributed by atoms with Gasteiger partial charge >= 0.3 is 0 Å². The molecule has 0 aliphatic rings.